The Hall–Kier alpha value is -1.84. The molecular weight excluding hydrogens is 216 g/mol. The third-order valence-electron chi connectivity index (χ3n) is 2.48. The van der Waals surface area contributed by atoms with Crippen LogP contribution in [-0.2, 0) is 4.79 Å². The Labute approximate surface area is 102 Å². The van der Waals surface area contributed by atoms with E-state index in [2.05, 4.69) is 5.32 Å². The molecule has 0 aliphatic carbocycles. The maximum Gasteiger partial charge on any atom is 0.239 e. The van der Waals surface area contributed by atoms with Crippen molar-refractivity contribution in [2.24, 2.45) is 0 Å². The van der Waals surface area contributed by atoms with Gasteiger partial charge in [-0.05, 0) is 38.1 Å². The minimum atomic E-state index is 0.00816. The van der Waals surface area contributed by atoms with Crippen LogP contribution in [0.2, 0.25) is 0 Å². The summed E-state index contributed by atoms with van der Waals surface area (Å²) in [4.78, 5) is 24.0. The number of hydrogen-bond donors (Lipinski definition) is 1. The summed E-state index contributed by atoms with van der Waals surface area (Å²) in [6, 6.07) is 7.21. The lowest BCUT2D eigenvalue weighted by atomic mass is 10.2. The highest BCUT2D eigenvalue weighted by atomic mass is 16.2. The standard InChI is InChI=1S/C13H18N2O2/c1-3-14-13(17)9-15(4-2)12-7-5-11(10-16)6-8-12/h5-8,10H,3-4,9H2,1-2H3,(H,14,17). The molecule has 1 amide bonds. The van der Waals surface area contributed by atoms with E-state index in [0.717, 1.165) is 18.5 Å². The molecule has 0 bridgehead atoms. The molecule has 0 unspecified atom stereocenters. The molecule has 4 nitrogen and oxygen atoms in total. The zero-order valence-electron chi connectivity index (χ0n) is 10.3. The molecule has 0 fully saturated rings. The van der Waals surface area contributed by atoms with Crippen LogP contribution in [0, 0.1) is 0 Å². The number of aldehydes is 1. The number of amides is 1. The van der Waals surface area contributed by atoms with Crippen LogP contribution < -0.4 is 10.2 Å². The molecule has 0 atom stereocenters. The van der Waals surface area contributed by atoms with E-state index in [0.29, 0.717) is 18.7 Å². The minimum Gasteiger partial charge on any atom is -0.363 e. The molecule has 0 spiro atoms. The smallest absolute Gasteiger partial charge is 0.239 e. The number of carbonyl (C=O) groups excluding carboxylic acids is 2. The molecule has 1 aromatic carbocycles. The van der Waals surface area contributed by atoms with Crippen molar-refractivity contribution in [3.63, 3.8) is 0 Å². The van der Waals surface area contributed by atoms with Crippen LogP contribution in [0.4, 0.5) is 5.69 Å². The molecule has 0 radical (unpaired) electrons. The SMILES string of the molecule is CCNC(=O)CN(CC)c1ccc(C=O)cc1. The largest absolute Gasteiger partial charge is 0.363 e. The summed E-state index contributed by atoms with van der Waals surface area (Å²) in [7, 11) is 0. The van der Waals surface area contributed by atoms with E-state index in [-0.39, 0.29) is 5.91 Å². The number of nitrogens with zero attached hydrogens (tertiary/aromatic N) is 1. The van der Waals surface area contributed by atoms with Crippen LogP contribution >= 0.6 is 0 Å². The second-order valence-electron chi connectivity index (χ2n) is 3.68. The van der Waals surface area contributed by atoms with Crippen LogP contribution in [0.25, 0.3) is 0 Å². The van der Waals surface area contributed by atoms with E-state index in [1.54, 1.807) is 12.1 Å². The van der Waals surface area contributed by atoms with Crippen LogP contribution in [0.3, 0.4) is 0 Å². The first kappa shape index (κ1) is 13.2. The van der Waals surface area contributed by atoms with Crippen molar-refractivity contribution < 1.29 is 9.59 Å². The molecule has 92 valence electrons. The Balaban J connectivity index is 2.71. The van der Waals surface area contributed by atoms with Crippen molar-refractivity contribution >= 4 is 17.9 Å². The Kier molecular flexibility index (Phi) is 5.20. The van der Waals surface area contributed by atoms with Gasteiger partial charge in [0.25, 0.3) is 0 Å². The molecule has 0 aliphatic heterocycles. The van der Waals surface area contributed by atoms with Gasteiger partial charge in [-0.2, -0.15) is 0 Å². The second-order valence-corrected chi connectivity index (χ2v) is 3.68. The van der Waals surface area contributed by atoms with E-state index in [1.165, 1.54) is 0 Å². The number of rotatable bonds is 6. The second kappa shape index (κ2) is 6.68. The number of carbonyl (C=O) groups is 2. The molecule has 17 heavy (non-hydrogen) atoms. The van der Waals surface area contributed by atoms with Gasteiger partial charge in [-0.1, -0.05) is 0 Å². The minimum absolute atomic E-state index is 0.00816. The molecule has 1 rings (SSSR count). The molecule has 0 saturated carbocycles. The fraction of sp³-hybridized carbons (Fsp3) is 0.385. The summed E-state index contributed by atoms with van der Waals surface area (Å²) in [6.45, 7) is 5.61. The van der Waals surface area contributed by atoms with Gasteiger partial charge in [0.2, 0.25) is 5.91 Å². The fourth-order valence-electron chi connectivity index (χ4n) is 1.58. The average molecular weight is 234 g/mol. The highest BCUT2D eigenvalue weighted by Crippen LogP contribution is 2.14. The van der Waals surface area contributed by atoms with Crippen LogP contribution in [0.5, 0.6) is 0 Å². The van der Waals surface area contributed by atoms with Gasteiger partial charge in [0.1, 0.15) is 6.29 Å². The van der Waals surface area contributed by atoms with Crippen molar-refractivity contribution in [1.82, 2.24) is 5.32 Å². The fourth-order valence-corrected chi connectivity index (χ4v) is 1.58. The third kappa shape index (κ3) is 3.90. The molecule has 4 heteroatoms. The topological polar surface area (TPSA) is 49.4 Å². The number of anilines is 1. The first-order valence-electron chi connectivity index (χ1n) is 5.78. The zero-order valence-corrected chi connectivity index (χ0v) is 10.3. The molecule has 0 aliphatic rings. The van der Waals surface area contributed by atoms with Crippen LogP contribution in [-0.4, -0.2) is 31.8 Å². The zero-order chi connectivity index (χ0) is 12.7. The lowest BCUT2D eigenvalue weighted by Gasteiger charge is -2.22. The highest BCUT2D eigenvalue weighted by molar-refractivity contribution is 5.81. The molecule has 1 N–H and O–H groups in total. The van der Waals surface area contributed by atoms with E-state index in [1.807, 2.05) is 30.9 Å². The van der Waals surface area contributed by atoms with Gasteiger partial charge in [-0.25, -0.2) is 0 Å². The molecule has 0 aromatic heterocycles. The Morgan fingerprint density at radius 3 is 2.41 bits per heavy atom. The maximum absolute atomic E-state index is 11.5. The van der Waals surface area contributed by atoms with E-state index >= 15 is 0 Å². The van der Waals surface area contributed by atoms with Crippen molar-refractivity contribution in [1.29, 1.82) is 0 Å². The van der Waals surface area contributed by atoms with Crippen LogP contribution in [0.1, 0.15) is 24.2 Å². The predicted molar refractivity (Wildman–Crippen MR) is 68.4 cm³/mol. The van der Waals surface area contributed by atoms with Gasteiger partial charge in [0.15, 0.2) is 0 Å². The van der Waals surface area contributed by atoms with Gasteiger partial charge < -0.3 is 10.2 Å². The van der Waals surface area contributed by atoms with Crippen molar-refractivity contribution in [2.45, 2.75) is 13.8 Å². The first-order chi connectivity index (χ1) is 8.21. The van der Waals surface area contributed by atoms with Gasteiger partial charge >= 0.3 is 0 Å². The van der Waals surface area contributed by atoms with Gasteiger partial charge in [-0.3, -0.25) is 9.59 Å². The van der Waals surface area contributed by atoms with E-state index in [4.69, 9.17) is 0 Å². The summed E-state index contributed by atoms with van der Waals surface area (Å²) < 4.78 is 0. The number of hydrogen-bond acceptors (Lipinski definition) is 3. The quantitative estimate of drug-likeness (QED) is 0.758. The van der Waals surface area contributed by atoms with Crippen molar-refractivity contribution in [2.75, 3.05) is 24.5 Å². The molecular formula is C13H18N2O2. The van der Waals surface area contributed by atoms with Crippen molar-refractivity contribution in [3.05, 3.63) is 29.8 Å². The number of likely N-dealkylation sites (N-methyl/N-ethyl adjacent to an activating group) is 2. The summed E-state index contributed by atoms with van der Waals surface area (Å²) in [5.74, 6) is 0.00816. The maximum atomic E-state index is 11.5. The Morgan fingerprint density at radius 1 is 1.29 bits per heavy atom. The number of benzene rings is 1. The monoisotopic (exact) mass is 234 g/mol. The summed E-state index contributed by atoms with van der Waals surface area (Å²) in [6.07, 6.45) is 0.809. The van der Waals surface area contributed by atoms with Gasteiger partial charge in [0.05, 0.1) is 6.54 Å². The Bertz CT molecular complexity index is 374. The van der Waals surface area contributed by atoms with E-state index in [9.17, 15) is 9.59 Å². The van der Waals surface area contributed by atoms with Gasteiger partial charge in [-0.15, -0.1) is 0 Å². The number of nitrogens with one attached hydrogen (secondary N) is 1. The first-order valence-corrected chi connectivity index (χ1v) is 5.78. The highest BCUT2D eigenvalue weighted by Gasteiger charge is 2.08. The van der Waals surface area contributed by atoms with Crippen LogP contribution in [0.15, 0.2) is 24.3 Å². The lowest BCUT2D eigenvalue weighted by Crippen LogP contribution is -2.37. The molecule has 0 saturated heterocycles. The normalized spacial score (nSPS) is 9.76. The molecule has 0 heterocycles. The average Bonchev–Trinajstić information content (AvgIpc) is 2.36. The van der Waals surface area contributed by atoms with E-state index < -0.39 is 0 Å². The summed E-state index contributed by atoms with van der Waals surface area (Å²) >= 11 is 0. The lowest BCUT2D eigenvalue weighted by molar-refractivity contribution is -0.119. The predicted octanol–water partition coefficient (Wildman–Crippen LogP) is 1.46. The summed E-state index contributed by atoms with van der Waals surface area (Å²) in [5, 5.41) is 2.77. The van der Waals surface area contributed by atoms with Gasteiger partial charge in [0, 0.05) is 24.3 Å². The summed E-state index contributed by atoms with van der Waals surface area (Å²) in [5.41, 5.74) is 1.59. The Morgan fingerprint density at radius 2 is 1.94 bits per heavy atom. The molecule has 1 aromatic rings. The van der Waals surface area contributed by atoms with Crippen molar-refractivity contribution in [3.8, 4) is 0 Å². The third-order valence-corrected chi connectivity index (χ3v) is 2.48.